The maximum Gasteiger partial charge on any atom is 0.220 e. The van der Waals surface area contributed by atoms with Crippen molar-refractivity contribution < 1.29 is 14.3 Å². The van der Waals surface area contributed by atoms with Gasteiger partial charge in [-0.05, 0) is 93.4 Å². The SMILES string of the molecule is CC(=O)c1ccc(OCCCC(=O)NC2C3CC4CC(C3)CC2C4)cc1. The predicted octanol–water partition coefficient (Wildman–Crippen LogP) is 3.99. The van der Waals surface area contributed by atoms with E-state index in [1.807, 2.05) is 12.1 Å². The highest BCUT2D eigenvalue weighted by atomic mass is 16.5. The van der Waals surface area contributed by atoms with Crippen LogP contribution in [0.15, 0.2) is 24.3 Å². The molecular formula is C22H29NO3. The van der Waals surface area contributed by atoms with Crippen LogP contribution in [-0.4, -0.2) is 24.3 Å². The Balaban J connectivity index is 1.18. The summed E-state index contributed by atoms with van der Waals surface area (Å²) in [5.74, 6) is 4.31. The molecular weight excluding hydrogens is 326 g/mol. The molecule has 140 valence electrons. The number of carbonyl (C=O) groups excluding carboxylic acids is 2. The second-order valence-corrected chi connectivity index (χ2v) is 8.56. The molecule has 4 heteroatoms. The minimum Gasteiger partial charge on any atom is -0.494 e. The number of hydrogen-bond donors (Lipinski definition) is 1. The van der Waals surface area contributed by atoms with Gasteiger partial charge in [0.15, 0.2) is 5.78 Å². The molecule has 0 heterocycles. The summed E-state index contributed by atoms with van der Waals surface area (Å²) in [5.41, 5.74) is 0.687. The molecule has 4 saturated carbocycles. The van der Waals surface area contributed by atoms with Gasteiger partial charge in [-0.3, -0.25) is 9.59 Å². The van der Waals surface area contributed by atoms with Gasteiger partial charge in [-0.2, -0.15) is 0 Å². The summed E-state index contributed by atoms with van der Waals surface area (Å²) >= 11 is 0. The molecule has 0 radical (unpaired) electrons. The van der Waals surface area contributed by atoms with Gasteiger partial charge < -0.3 is 10.1 Å². The first-order chi connectivity index (χ1) is 12.6. The van der Waals surface area contributed by atoms with Gasteiger partial charge in [-0.15, -0.1) is 0 Å². The van der Waals surface area contributed by atoms with Crippen molar-refractivity contribution in [3.8, 4) is 5.75 Å². The molecule has 1 aromatic rings. The molecule has 0 aromatic heterocycles. The molecule has 0 aliphatic heterocycles. The molecule has 1 N–H and O–H groups in total. The van der Waals surface area contributed by atoms with Gasteiger partial charge in [0.1, 0.15) is 5.75 Å². The minimum atomic E-state index is 0.0537. The van der Waals surface area contributed by atoms with Crippen LogP contribution in [0.2, 0.25) is 0 Å². The zero-order chi connectivity index (χ0) is 18.1. The Morgan fingerprint density at radius 2 is 1.62 bits per heavy atom. The van der Waals surface area contributed by atoms with Crippen molar-refractivity contribution in [2.45, 2.75) is 57.9 Å². The second-order valence-electron chi connectivity index (χ2n) is 8.56. The van der Waals surface area contributed by atoms with Crippen molar-refractivity contribution in [3.63, 3.8) is 0 Å². The fraction of sp³-hybridized carbons (Fsp3) is 0.636. The van der Waals surface area contributed by atoms with Crippen LogP contribution in [-0.2, 0) is 4.79 Å². The van der Waals surface area contributed by atoms with Crippen LogP contribution < -0.4 is 10.1 Å². The standard InChI is InChI=1S/C22H29NO3/c1-14(24)17-4-6-20(7-5-17)26-8-2-3-21(25)23-22-18-10-15-9-16(12-18)13-19(22)11-15/h4-7,15-16,18-19,22H,2-3,8-13H2,1H3,(H,23,25). The van der Waals surface area contributed by atoms with Crippen molar-refractivity contribution in [1.82, 2.24) is 5.32 Å². The van der Waals surface area contributed by atoms with Crippen LogP contribution in [0, 0.1) is 23.7 Å². The molecule has 4 aliphatic carbocycles. The average Bonchev–Trinajstić information content (AvgIpc) is 2.61. The molecule has 4 nitrogen and oxygen atoms in total. The maximum absolute atomic E-state index is 12.4. The maximum atomic E-state index is 12.4. The molecule has 1 aromatic carbocycles. The van der Waals surface area contributed by atoms with E-state index in [1.54, 1.807) is 19.1 Å². The number of ketones is 1. The van der Waals surface area contributed by atoms with Crippen LogP contribution in [0.1, 0.15) is 62.2 Å². The number of hydrogen-bond acceptors (Lipinski definition) is 3. The van der Waals surface area contributed by atoms with Gasteiger partial charge in [0.25, 0.3) is 0 Å². The average molecular weight is 355 g/mol. The summed E-state index contributed by atoms with van der Waals surface area (Å²) in [4.78, 5) is 23.6. The van der Waals surface area contributed by atoms with E-state index in [4.69, 9.17) is 4.74 Å². The highest BCUT2D eigenvalue weighted by molar-refractivity contribution is 5.94. The third-order valence-corrected chi connectivity index (χ3v) is 6.63. The first-order valence-electron chi connectivity index (χ1n) is 10.1. The third kappa shape index (κ3) is 3.79. The molecule has 4 bridgehead atoms. The van der Waals surface area contributed by atoms with Gasteiger partial charge in [-0.25, -0.2) is 0 Å². The van der Waals surface area contributed by atoms with Gasteiger partial charge in [-0.1, -0.05) is 0 Å². The van der Waals surface area contributed by atoms with Crippen LogP contribution in [0.3, 0.4) is 0 Å². The molecule has 4 aliphatic rings. The first kappa shape index (κ1) is 17.6. The number of rotatable bonds is 7. The number of carbonyl (C=O) groups is 2. The quantitative estimate of drug-likeness (QED) is 0.594. The third-order valence-electron chi connectivity index (χ3n) is 6.63. The number of benzene rings is 1. The van der Waals surface area contributed by atoms with Gasteiger partial charge in [0.05, 0.1) is 6.61 Å². The molecule has 0 spiro atoms. The van der Waals surface area contributed by atoms with Crippen molar-refractivity contribution in [2.75, 3.05) is 6.61 Å². The first-order valence-corrected chi connectivity index (χ1v) is 10.1. The lowest BCUT2D eigenvalue weighted by molar-refractivity contribution is -0.125. The van der Waals surface area contributed by atoms with E-state index in [0.717, 1.165) is 29.4 Å². The Hall–Kier alpha value is -1.84. The van der Waals surface area contributed by atoms with Gasteiger partial charge >= 0.3 is 0 Å². The Labute approximate surface area is 155 Å². The Morgan fingerprint density at radius 3 is 2.19 bits per heavy atom. The van der Waals surface area contributed by atoms with E-state index < -0.39 is 0 Å². The van der Waals surface area contributed by atoms with E-state index in [-0.39, 0.29) is 11.7 Å². The largest absolute Gasteiger partial charge is 0.494 e. The summed E-state index contributed by atoms with van der Waals surface area (Å²) in [5, 5.41) is 3.35. The van der Waals surface area contributed by atoms with Crippen LogP contribution in [0.25, 0.3) is 0 Å². The zero-order valence-electron chi connectivity index (χ0n) is 15.6. The Morgan fingerprint density at radius 1 is 1.00 bits per heavy atom. The van der Waals surface area contributed by atoms with E-state index >= 15 is 0 Å². The van der Waals surface area contributed by atoms with Crippen molar-refractivity contribution >= 4 is 11.7 Å². The number of amides is 1. The molecule has 0 atom stereocenters. The molecule has 26 heavy (non-hydrogen) atoms. The molecule has 0 saturated heterocycles. The lowest BCUT2D eigenvalue weighted by atomic mass is 9.54. The van der Waals surface area contributed by atoms with Crippen molar-refractivity contribution in [1.29, 1.82) is 0 Å². The van der Waals surface area contributed by atoms with Crippen LogP contribution in [0.5, 0.6) is 5.75 Å². The summed E-state index contributed by atoms with van der Waals surface area (Å²) in [6.07, 6.45) is 8.00. The van der Waals surface area contributed by atoms with Gasteiger partial charge in [0, 0.05) is 18.0 Å². The van der Waals surface area contributed by atoms with E-state index in [2.05, 4.69) is 5.32 Å². The van der Waals surface area contributed by atoms with E-state index in [1.165, 1.54) is 32.1 Å². The zero-order valence-corrected chi connectivity index (χ0v) is 15.6. The molecule has 5 rings (SSSR count). The number of nitrogens with one attached hydrogen (secondary N) is 1. The van der Waals surface area contributed by atoms with E-state index in [9.17, 15) is 9.59 Å². The topological polar surface area (TPSA) is 55.4 Å². The molecule has 1 amide bonds. The monoisotopic (exact) mass is 355 g/mol. The highest BCUT2D eigenvalue weighted by Crippen LogP contribution is 2.53. The minimum absolute atomic E-state index is 0.0537. The van der Waals surface area contributed by atoms with Crippen molar-refractivity contribution in [3.05, 3.63) is 29.8 Å². The van der Waals surface area contributed by atoms with E-state index in [0.29, 0.717) is 31.1 Å². The summed E-state index contributed by atoms with van der Waals surface area (Å²) in [6.45, 7) is 2.08. The van der Waals surface area contributed by atoms with Gasteiger partial charge in [0.2, 0.25) is 5.91 Å². The van der Waals surface area contributed by atoms with Crippen molar-refractivity contribution in [2.24, 2.45) is 23.7 Å². The summed E-state index contributed by atoms with van der Waals surface area (Å²) in [6, 6.07) is 7.60. The highest BCUT2D eigenvalue weighted by Gasteiger charge is 2.48. The number of ether oxygens (including phenoxy) is 1. The second kappa shape index (κ2) is 7.42. The fourth-order valence-corrected chi connectivity index (χ4v) is 5.63. The smallest absolute Gasteiger partial charge is 0.220 e. The number of Topliss-reactive ketones (excluding diaryl/α,β-unsaturated/α-hetero) is 1. The molecule has 4 fully saturated rings. The summed E-state index contributed by atoms with van der Waals surface area (Å²) in [7, 11) is 0. The summed E-state index contributed by atoms with van der Waals surface area (Å²) < 4.78 is 5.68. The lowest BCUT2D eigenvalue weighted by Crippen LogP contribution is -2.55. The Kier molecular flexibility index (Phi) is 5.01. The van der Waals surface area contributed by atoms with Crippen LogP contribution in [0.4, 0.5) is 0 Å². The van der Waals surface area contributed by atoms with Crippen LogP contribution >= 0.6 is 0 Å². The Bertz CT molecular complexity index is 638. The fourth-order valence-electron chi connectivity index (χ4n) is 5.63. The lowest BCUT2D eigenvalue weighted by Gasteiger charge is -2.54. The normalized spacial score (nSPS) is 31.7. The predicted molar refractivity (Wildman–Crippen MR) is 100 cm³/mol. The molecule has 0 unspecified atom stereocenters.